The number of carbonyl (C=O) groups excluding carboxylic acids is 1. The van der Waals surface area contributed by atoms with Gasteiger partial charge in [0.05, 0.1) is 0 Å². The number of benzene rings is 1. The first-order chi connectivity index (χ1) is 13.4. The molecule has 1 saturated heterocycles. The molecule has 3 rings (SSSR count). The molecule has 0 atom stereocenters. The largest absolute Gasteiger partial charge is 0.435 e. The lowest BCUT2D eigenvalue weighted by Crippen LogP contribution is -2.52. The van der Waals surface area contributed by atoms with Gasteiger partial charge in [-0.1, -0.05) is 0 Å². The van der Waals surface area contributed by atoms with Crippen molar-refractivity contribution < 1.29 is 18.3 Å². The van der Waals surface area contributed by atoms with Crippen LogP contribution in [0.25, 0.3) is 0 Å². The van der Waals surface area contributed by atoms with Gasteiger partial charge in [-0.25, -0.2) is 0 Å². The predicted octanol–water partition coefficient (Wildman–Crippen LogP) is 3.81. The summed E-state index contributed by atoms with van der Waals surface area (Å²) in [6, 6.07) is 7.44. The van der Waals surface area contributed by atoms with Gasteiger partial charge in [0, 0.05) is 49.9 Å². The fourth-order valence-electron chi connectivity index (χ4n) is 4.17. The third-order valence-electron chi connectivity index (χ3n) is 5.88. The van der Waals surface area contributed by atoms with E-state index < -0.39 is 6.61 Å². The van der Waals surface area contributed by atoms with Gasteiger partial charge < -0.3 is 15.0 Å². The Morgan fingerprint density at radius 2 is 1.64 bits per heavy atom. The number of halogens is 2. The lowest BCUT2D eigenvalue weighted by atomic mass is 9.85. The van der Waals surface area contributed by atoms with Crippen molar-refractivity contribution in [3.63, 3.8) is 0 Å². The van der Waals surface area contributed by atoms with Gasteiger partial charge in [0.2, 0.25) is 5.91 Å². The van der Waals surface area contributed by atoms with Crippen molar-refractivity contribution in [1.29, 1.82) is 0 Å². The van der Waals surface area contributed by atoms with E-state index in [9.17, 15) is 13.6 Å². The van der Waals surface area contributed by atoms with Crippen molar-refractivity contribution in [2.75, 3.05) is 31.5 Å². The molecular weight excluding hydrogens is 364 g/mol. The van der Waals surface area contributed by atoms with Crippen LogP contribution in [0.1, 0.15) is 39.5 Å². The van der Waals surface area contributed by atoms with Gasteiger partial charge in [-0.2, -0.15) is 8.78 Å². The topological polar surface area (TPSA) is 44.8 Å². The Morgan fingerprint density at radius 3 is 2.18 bits per heavy atom. The first-order valence-corrected chi connectivity index (χ1v) is 10.3. The second kappa shape index (κ2) is 9.54. The zero-order valence-electron chi connectivity index (χ0n) is 16.7. The minimum absolute atomic E-state index is 0.130. The van der Waals surface area contributed by atoms with Crippen LogP contribution in [0.4, 0.5) is 14.5 Å². The molecule has 156 valence electrons. The number of anilines is 1. The predicted molar refractivity (Wildman–Crippen MR) is 106 cm³/mol. The molecule has 7 heteroatoms. The lowest BCUT2D eigenvalue weighted by molar-refractivity contribution is -0.138. The fraction of sp³-hybridized carbons (Fsp3) is 0.667. The molecule has 1 amide bonds. The fourth-order valence-corrected chi connectivity index (χ4v) is 4.17. The highest BCUT2D eigenvalue weighted by atomic mass is 19.3. The molecule has 0 aromatic heterocycles. The number of nitrogens with one attached hydrogen (secondary N) is 1. The van der Waals surface area contributed by atoms with Crippen LogP contribution in [-0.4, -0.2) is 60.6 Å². The SMILES string of the molecule is CC(C)N1CCN(C(=O)C2CCC(Nc3ccc(OC(F)F)cc3)CC2)CC1. The number of amides is 1. The molecule has 2 fully saturated rings. The Kier molecular flexibility index (Phi) is 7.10. The Labute approximate surface area is 166 Å². The van der Waals surface area contributed by atoms with Gasteiger partial charge in [-0.05, 0) is 63.8 Å². The van der Waals surface area contributed by atoms with E-state index in [0.29, 0.717) is 18.0 Å². The van der Waals surface area contributed by atoms with E-state index in [1.54, 1.807) is 24.3 Å². The van der Waals surface area contributed by atoms with Crippen LogP contribution in [0.2, 0.25) is 0 Å². The maximum absolute atomic E-state index is 12.8. The lowest BCUT2D eigenvalue weighted by Gasteiger charge is -2.39. The molecule has 1 saturated carbocycles. The Balaban J connectivity index is 1.42. The van der Waals surface area contributed by atoms with Gasteiger partial charge in [-0.15, -0.1) is 0 Å². The summed E-state index contributed by atoms with van der Waals surface area (Å²) in [5.41, 5.74) is 0.890. The van der Waals surface area contributed by atoms with Crippen molar-refractivity contribution >= 4 is 11.6 Å². The van der Waals surface area contributed by atoms with E-state index in [0.717, 1.165) is 57.5 Å². The molecule has 1 heterocycles. The van der Waals surface area contributed by atoms with Gasteiger partial charge >= 0.3 is 6.61 Å². The zero-order chi connectivity index (χ0) is 20.1. The molecule has 1 aromatic carbocycles. The van der Waals surface area contributed by atoms with Gasteiger partial charge in [0.25, 0.3) is 0 Å². The number of nitrogens with zero attached hydrogens (tertiary/aromatic N) is 2. The summed E-state index contributed by atoms with van der Waals surface area (Å²) in [6.07, 6.45) is 3.68. The Bertz CT molecular complexity index is 623. The normalized spacial score (nSPS) is 23.9. The molecule has 28 heavy (non-hydrogen) atoms. The van der Waals surface area contributed by atoms with Crippen LogP contribution in [0.5, 0.6) is 5.75 Å². The van der Waals surface area contributed by atoms with E-state index in [2.05, 4.69) is 28.8 Å². The maximum atomic E-state index is 12.8. The molecular formula is C21H31F2N3O2. The number of alkyl halides is 2. The highest BCUT2D eigenvalue weighted by Gasteiger charge is 2.31. The number of rotatable bonds is 6. The highest BCUT2D eigenvalue weighted by molar-refractivity contribution is 5.79. The Morgan fingerprint density at radius 1 is 1.04 bits per heavy atom. The maximum Gasteiger partial charge on any atom is 0.387 e. The van der Waals surface area contributed by atoms with Crippen molar-refractivity contribution in [3.05, 3.63) is 24.3 Å². The molecule has 0 radical (unpaired) electrons. The quantitative estimate of drug-likeness (QED) is 0.796. The van der Waals surface area contributed by atoms with Crippen molar-refractivity contribution in [3.8, 4) is 5.75 Å². The van der Waals surface area contributed by atoms with Gasteiger partial charge in [0.1, 0.15) is 5.75 Å². The van der Waals surface area contributed by atoms with Crippen molar-refractivity contribution in [1.82, 2.24) is 9.80 Å². The first kappa shape index (κ1) is 20.8. The highest BCUT2D eigenvalue weighted by Crippen LogP contribution is 2.29. The molecule has 1 aromatic rings. The number of hydrogen-bond donors (Lipinski definition) is 1. The summed E-state index contributed by atoms with van der Waals surface area (Å²) >= 11 is 0. The molecule has 1 aliphatic heterocycles. The second-order valence-corrected chi connectivity index (χ2v) is 8.05. The van der Waals surface area contributed by atoms with Gasteiger partial charge in [0.15, 0.2) is 0 Å². The summed E-state index contributed by atoms with van der Waals surface area (Å²) in [5, 5.41) is 3.44. The smallest absolute Gasteiger partial charge is 0.387 e. The number of ether oxygens (including phenoxy) is 1. The van der Waals surface area contributed by atoms with Crippen LogP contribution in [-0.2, 0) is 4.79 Å². The van der Waals surface area contributed by atoms with Crippen LogP contribution < -0.4 is 10.1 Å². The van der Waals surface area contributed by atoms with Crippen molar-refractivity contribution in [2.45, 2.75) is 58.2 Å². The van der Waals surface area contributed by atoms with Crippen molar-refractivity contribution in [2.24, 2.45) is 5.92 Å². The number of carbonyl (C=O) groups is 1. The second-order valence-electron chi connectivity index (χ2n) is 8.05. The van der Waals surface area contributed by atoms with Gasteiger partial charge in [-0.3, -0.25) is 9.69 Å². The van der Waals surface area contributed by atoms with E-state index in [1.807, 2.05) is 4.90 Å². The zero-order valence-corrected chi connectivity index (χ0v) is 16.7. The number of hydrogen-bond acceptors (Lipinski definition) is 4. The van der Waals surface area contributed by atoms with E-state index in [4.69, 9.17) is 0 Å². The molecule has 1 N–H and O–H groups in total. The van der Waals surface area contributed by atoms with E-state index in [-0.39, 0.29) is 11.7 Å². The minimum atomic E-state index is -2.81. The van der Waals surface area contributed by atoms with Crippen LogP contribution in [0.3, 0.4) is 0 Å². The third kappa shape index (κ3) is 5.56. The molecule has 0 bridgehead atoms. The summed E-state index contributed by atoms with van der Waals surface area (Å²) in [7, 11) is 0. The summed E-state index contributed by atoms with van der Waals surface area (Å²) in [5.74, 6) is 0.605. The van der Waals surface area contributed by atoms with Crippen LogP contribution in [0.15, 0.2) is 24.3 Å². The van der Waals surface area contributed by atoms with Crippen LogP contribution >= 0.6 is 0 Å². The van der Waals surface area contributed by atoms with Crippen LogP contribution in [0, 0.1) is 5.92 Å². The molecule has 5 nitrogen and oxygen atoms in total. The Hall–Kier alpha value is -1.89. The molecule has 0 spiro atoms. The molecule has 1 aliphatic carbocycles. The average Bonchev–Trinajstić information content (AvgIpc) is 2.69. The standard InChI is InChI=1S/C21H31F2N3O2/c1-15(2)25-11-13-26(14-12-25)20(27)16-3-5-17(6-4-16)24-18-7-9-19(10-8-18)28-21(22)23/h7-10,15-17,21,24H,3-6,11-14H2,1-2H3. The average molecular weight is 395 g/mol. The number of piperazine rings is 1. The third-order valence-corrected chi connectivity index (χ3v) is 5.88. The first-order valence-electron chi connectivity index (χ1n) is 10.3. The molecule has 2 aliphatic rings. The monoisotopic (exact) mass is 395 g/mol. The molecule has 0 unspecified atom stereocenters. The minimum Gasteiger partial charge on any atom is -0.435 e. The summed E-state index contributed by atoms with van der Waals surface area (Å²) in [6.45, 7) is 5.19. The van der Waals surface area contributed by atoms with E-state index in [1.165, 1.54) is 0 Å². The van der Waals surface area contributed by atoms with E-state index >= 15 is 0 Å². The summed E-state index contributed by atoms with van der Waals surface area (Å²) < 4.78 is 28.8. The summed E-state index contributed by atoms with van der Waals surface area (Å²) in [4.78, 5) is 17.3.